The molecule has 19 heavy (non-hydrogen) atoms. The fourth-order valence-electron chi connectivity index (χ4n) is 2.76. The molecule has 0 saturated heterocycles. The zero-order valence-electron chi connectivity index (χ0n) is 11.4. The molecule has 5 nitrogen and oxygen atoms in total. The molecule has 0 heterocycles. The maximum Gasteiger partial charge on any atom is 0.320 e. The van der Waals surface area contributed by atoms with E-state index in [1.807, 2.05) is 0 Å². The van der Waals surface area contributed by atoms with Crippen LogP contribution in [0.3, 0.4) is 0 Å². The number of hydrogen-bond acceptors (Lipinski definition) is 4. The Labute approximate surface area is 112 Å². The van der Waals surface area contributed by atoms with Gasteiger partial charge < -0.3 is 9.84 Å². The lowest BCUT2D eigenvalue weighted by Crippen LogP contribution is -2.51. The molecule has 0 aliphatic heterocycles. The highest BCUT2D eigenvalue weighted by Crippen LogP contribution is 2.44. The Morgan fingerprint density at radius 2 is 2.00 bits per heavy atom. The van der Waals surface area contributed by atoms with Gasteiger partial charge in [0.25, 0.3) is 0 Å². The number of hydrogen-bond donors (Lipinski definition) is 1. The monoisotopic (exact) mass is 268 g/mol. The quantitative estimate of drug-likeness (QED) is 0.468. The first-order chi connectivity index (χ1) is 8.87. The number of esters is 1. The molecule has 0 aromatic heterocycles. The lowest BCUT2D eigenvalue weighted by molar-refractivity contribution is -0.173. The molecule has 1 N–H and O–H groups in total. The molecule has 0 amide bonds. The lowest BCUT2D eigenvalue weighted by atomic mass is 9.62. The summed E-state index contributed by atoms with van der Waals surface area (Å²) in [6.07, 6.45) is 1.87. The number of ketones is 1. The number of carboxylic acids is 1. The number of ether oxygens (including phenoxy) is 1. The van der Waals surface area contributed by atoms with Crippen molar-refractivity contribution in [1.29, 1.82) is 0 Å². The summed E-state index contributed by atoms with van der Waals surface area (Å²) in [6, 6.07) is 0. The summed E-state index contributed by atoms with van der Waals surface area (Å²) in [7, 11) is 0. The van der Waals surface area contributed by atoms with Crippen LogP contribution in [0.25, 0.3) is 0 Å². The summed E-state index contributed by atoms with van der Waals surface area (Å²) >= 11 is 0. The summed E-state index contributed by atoms with van der Waals surface area (Å²) in [5, 5.41) is 9.33. The van der Waals surface area contributed by atoms with Crippen molar-refractivity contribution in [3.05, 3.63) is 12.2 Å². The molecular weight excluding hydrogens is 248 g/mol. The molecule has 106 valence electrons. The molecule has 1 fully saturated rings. The van der Waals surface area contributed by atoms with Gasteiger partial charge in [-0.25, -0.2) is 0 Å². The van der Waals surface area contributed by atoms with Gasteiger partial charge in [0.15, 0.2) is 5.78 Å². The molecule has 0 spiro atoms. The second kappa shape index (κ2) is 5.99. The van der Waals surface area contributed by atoms with Crippen LogP contribution in [0.5, 0.6) is 0 Å². The smallest absolute Gasteiger partial charge is 0.320 e. The Bertz CT molecular complexity index is 412. The number of carboxylic acid groups (broad SMARTS) is 1. The minimum Gasteiger partial charge on any atom is -0.481 e. The van der Waals surface area contributed by atoms with E-state index in [0.717, 1.165) is 0 Å². The Balaban J connectivity index is 3.29. The second-order valence-corrected chi connectivity index (χ2v) is 4.94. The van der Waals surface area contributed by atoms with Crippen LogP contribution in [-0.4, -0.2) is 29.4 Å². The van der Waals surface area contributed by atoms with Crippen molar-refractivity contribution in [3.8, 4) is 0 Å². The van der Waals surface area contributed by atoms with Gasteiger partial charge in [0.2, 0.25) is 0 Å². The molecular formula is C14H20O5. The highest BCUT2D eigenvalue weighted by Gasteiger charge is 2.56. The first kappa shape index (κ1) is 15.4. The highest BCUT2D eigenvalue weighted by molar-refractivity contribution is 6.14. The molecule has 1 aliphatic rings. The van der Waals surface area contributed by atoms with Crippen molar-refractivity contribution in [2.24, 2.45) is 11.3 Å². The molecule has 1 aliphatic carbocycles. The summed E-state index contributed by atoms with van der Waals surface area (Å²) < 4.78 is 4.97. The third kappa shape index (κ3) is 2.69. The van der Waals surface area contributed by atoms with E-state index in [1.54, 1.807) is 6.92 Å². The van der Waals surface area contributed by atoms with Gasteiger partial charge in [0, 0.05) is 0 Å². The van der Waals surface area contributed by atoms with Gasteiger partial charge in [-0.3, -0.25) is 14.4 Å². The average Bonchev–Trinajstić information content (AvgIpc) is 2.37. The molecule has 5 heteroatoms. The fourth-order valence-corrected chi connectivity index (χ4v) is 2.76. The highest BCUT2D eigenvalue weighted by atomic mass is 16.5. The standard InChI is InChI=1S/C14H20O5/c1-4-19-13(18)14(11(15)9(2)3)8-6-5-7-10(14)12(16)17/h10H,2,4-8H2,1,3H3,(H,16,17). The van der Waals surface area contributed by atoms with Crippen molar-refractivity contribution in [3.63, 3.8) is 0 Å². The topological polar surface area (TPSA) is 80.7 Å². The van der Waals surface area contributed by atoms with Crippen molar-refractivity contribution in [2.75, 3.05) is 6.61 Å². The SMILES string of the molecule is C=C(C)C(=O)C1(C(=O)OCC)CCCCC1C(=O)O. The van der Waals surface area contributed by atoms with Gasteiger partial charge in [0.1, 0.15) is 5.41 Å². The van der Waals surface area contributed by atoms with E-state index in [1.165, 1.54) is 6.92 Å². The molecule has 2 atom stereocenters. The molecule has 0 aromatic carbocycles. The van der Waals surface area contributed by atoms with E-state index in [4.69, 9.17) is 4.74 Å². The minimum atomic E-state index is -1.59. The van der Waals surface area contributed by atoms with Gasteiger partial charge in [-0.1, -0.05) is 19.4 Å². The Kier molecular flexibility index (Phi) is 4.86. The predicted octanol–water partition coefficient (Wildman–Crippen LogP) is 1.96. The van der Waals surface area contributed by atoms with E-state index in [-0.39, 0.29) is 18.6 Å². The van der Waals surface area contributed by atoms with E-state index < -0.39 is 29.1 Å². The van der Waals surface area contributed by atoms with Gasteiger partial charge in [-0.2, -0.15) is 0 Å². The van der Waals surface area contributed by atoms with Crippen molar-refractivity contribution in [2.45, 2.75) is 39.5 Å². The zero-order chi connectivity index (χ0) is 14.6. The van der Waals surface area contributed by atoms with Crippen LogP contribution >= 0.6 is 0 Å². The summed E-state index contributed by atoms with van der Waals surface area (Å²) in [4.78, 5) is 36.0. The summed E-state index contributed by atoms with van der Waals surface area (Å²) in [6.45, 7) is 6.81. The number of Topliss-reactive ketones (excluding diaryl/α,β-unsaturated/α-hetero) is 1. The van der Waals surface area contributed by atoms with Gasteiger partial charge in [-0.15, -0.1) is 0 Å². The van der Waals surface area contributed by atoms with Crippen LogP contribution in [0.1, 0.15) is 39.5 Å². The molecule has 1 rings (SSSR count). The first-order valence-electron chi connectivity index (χ1n) is 6.48. The molecule has 2 unspecified atom stereocenters. The van der Waals surface area contributed by atoms with Crippen LogP contribution in [-0.2, 0) is 19.1 Å². The van der Waals surface area contributed by atoms with Crippen LogP contribution in [0, 0.1) is 11.3 Å². The number of aliphatic carboxylic acids is 1. The molecule has 0 aromatic rings. The predicted molar refractivity (Wildman–Crippen MR) is 68.5 cm³/mol. The third-order valence-corrected chi connectivity index (χ3v) is 3.64. The molecule has 0 bridgehead atoms. The van der Waals surface area contributed by atoms with E-state index >= 15 is 0 Å². The van der Waals surface area contributed by atoms with Crippen molar-refractivity contribution >= 4 is 17.7 Å². The fraction of sp³-hybridized carbons (Fsp3) is 0.643. The molecule has 0 radical (unpaired) electrons. The van der Waals surface area contributed by atoms with Gasteiger partial charge >= 0.3 is 11.9 Å². The van der Waals surface area contributed by atoms with Crippen LogP contribution in [0.4, 0.5) is 0 Å². The maximum absolute atomic E-state index is 12.4. The van der Waals surface area contributed by atoms with Crippen molar-refractivity contribution < 1.29 is 24.2 Å². The summed E-state index contributed by atoms with van der Waals surface area (Å²) in [5.41, 5.74) is -1.40. The number of carbonyl (C=O) groups excluding carboxylic acids is 2. The van der Waals surface area contributed by atoms with Crippen LogP contribution in [0.15, 0.2) is 12.2 Å². The van der Waals surface area contributed by atoms with Gasteiger partial charge in [-0.05, 0) is 32.3 Å². The Morgan fingerprint density at radius 3 is 2.47 bits per heavy atom. The average molecular weight is 268 g/mol. The van der Waals surface area contributed by atoms with E-state index in [0.29, 0.717) is 19.3 Å². The number of rotatable bonds is 5. The maximum atomic E-state index is 12.4. The van der Waals surface area contributed by atoms with E-state index in [9.17, 15) is 19.5 Å². The zero-order valence-corrected chi connectivity index (χ0v) is 11.4. The van der Waals surface area contributed by atoms with Crippen molar-refractivity contribution in [1.82, 2.24) is 0 Å². The number of allylic oxidation sites excluding steroid dienone is 1. The number of carbonyl (C=O) groups is 3. The van der Waals surface area contributed by atoms with E-state index in [2.05, 4.69) is 6.58 Å². The summed E-state index contributed by atoms with van der Waals surface area (Å²) in [5.74, 6) is -3.37. The normalized spacial score (nSPS) is 26.5. The largest absolute Gasteiger partial charge is 0.481 e. The minimum absolute atomic E-state index is 0.121. The lowest BCUT2D eigenvalue weighted by Gasteiger charge is -2.38. The second-order valence-electron chi connectivity index (χ2n) is 4.94. The van der Waals surface area contributed by atoms with Crippen LogP contribution in [0.2, 0.25) is 0 Å². The Morgan fingerprint density at radius 1 is 1.37 bits per heavy atom. The first-order valence-corrected chi connectivity index (χ1v) is 6.48. The third-order valence-electron chi connectivity index (χ3n) is 3.64. The van der Waals surface area contributed by atoms with Crippen LogP contribution < -0.4 is 0 Å². The Hall–Kier alpha value is -1.65. The van der Waals surface area contributed by atoms with Gasteiger partial charge in [0.05, 0.1) is 12.5 Å². The molecule has 1 saturated carbocycles.